The quantitative estimate of drug-likeness (QED) is 0.801. The van der Waals surface area contributed by atoms with E-state index in [1.54, 1.807) is 0 Å². The van der Waals surface area contributed by atoms with Crippen molar-refractivity contribution in [2.75, 3.05) is 24.3 Å². The molecular weight excluding hydrogens is 350 g/mol. The van der Waals surface area contributed by atoms with E-state index in [1.807, 2.05) is 50.3 Å². The molecule has 3 rings (SSSR count). The lowest BCUT2D eigenvalue weighted by atomic mass is 9.91. The molecule has 2 aromatic rings. The molecule has 150 valence electrons. The van der Waals surface area contributed by atoms with E-state index in [4.69, 9.17) is 0 Å². The van der Waals surface area contributed by atoms with Crippen molar-refractivity contribution in [3.8, 4) is 0 Å². The minimum atomic E-state index is 0.0317. The summed E-state index contributed by atoms with van der Waals surface area (Å²) in [4.78, 5) is 23.6. The molecule has 0 atom stereocenters. The standard InChI is InChI=1S/C22H31N5O/c1-5-16-7-6-8-17(13-16)21(28)24-18-9-11-19(12-10-18)25-22-23-14-15(2)20(26-22)27(3)4/h6-8,13-14,18-19H,5,9-12H2,1-4H3,(H,24,28)(H,23,25,26). The Balaban J connectivity index is 1.52. The Bertz CT molecular complexity index is 812. The number of hydrogen-bond donors (Lipinski definition) is 2. The van der Waals surface area contributed by atoms with Gasteiger partial charge >= 0.3 is 0 Å². The van der Waals surface area contributed by atoms with E-state index in [1.165, 1.54) is 5.56 Å². The number of hydrogen-bond acceptors (Lipinski definition) is 5. The molecular formula is C22H31N5O. The molecule has 1 fully saturated rings. The highest BCUT2D eigenvalue weighted by atomic mass is 16.1. The predicted molar refractivity (Wildman–Crippen MR) is 114 cm³/mol. The fourth-order valence-electron chi connectivity index (χ4n) is 3.72. The zero-order valence-corrected chi connectivity index (χ0v) is 17.3. The largest absolute Gasteiger partial charge is 0.362 e. The molecule has 6 heteroatoms. The van der Waals surface area contributed by atoms with E-state index < -0.39 is 0 Å². The first-order valence-corrected chi connectivity index (χ1v) is 10.1. The molecule has 0 radical (unpaired) electrons. The van der Waals surface area contributed by atoms with Gasteiger partial charge in [0.25, 0.3) is 5.91 Å². The summed E-state index contributed by atoms with van der Waals surface area (Å²) in [5.74, 6) is 1.65. The van der Waals surface area contributed by atoms with E-state index in [-0.39, 0.29) is 11.9 Å². The van der Waals surface area contributed by atoms with Crippen molar-refractivity contribution in [2.24, 2.45) is 0 Å². The Morgan fingerprint density at radius 3 is 2.57 bits per heavy atom. The van der Waals surface area contributed by atoms with Gasteiger partial charge in [0.2, 0.25) is 5.95 Å². The van der Waals surface area contributed by atoms with Gasteiger partial charge < -0.3 is 15.5 Å². The van der Waals surface area contributed by atoms with Crippen LogP contribution in [-0.4, -0.2) is 42.1 Å². The molecule has 0 spiro atoms. The van der Waals surface area contributed by atoms with Gasteiger partial charge in [-0.1, -0.05) is 19.1 Å². The number of rotatable bonds is 6. The Morgan fingerprint density at radius 1 is 1.18 bits per heavy atom. The van der Waals surface area contributed by atoms with Crippen molar-refractivity contribution in [3.05, 3.63) is 47.2 Å². The molecule has 1 saturated carbocycles. The smallest absolute Gasteiger partial charge is 0.251 e. The van der Waals surface area contributed by atoms with Gasteiger partial charge in [0.15, 0.2) is 0 Å². The lowest BCUT2D eigenvalue weighted by Gasteiger charge is -2.30. The van der Waals surface area contributed by atoms with E-state index in [9.17, 15) is 4.79 Å². The van der Waals surface area contributed by atoms with Gasteiger partial charge in [0, 0.05) is 43.5 Å². The molecule has 1 aromatic carbocycles. The second-order valence-electron chi connectivity index (χ2n) is 7.81. The van der Waals surface area contributed by atoms with Crippen LogP contribution in [0.1, 0.15) is 54.1 Å². The average molecular weight is 382 g/mol. The summed E-state index contributed by atoms with van der Waals surface area (Å²) in [6.45, 7) is 4.12. The summed E-state index contributed by atoms with van der Waals surface area (Å²) in [6.07, 6.45) is 6.71. The normalized spacial score (nSPS) is 19.1. The number of carbonyl (C=O) groups is 1. The molecule has 28 heavy (non-hydrogen) atoms. The SMILES string of the molecule is CCc1cccc(C(=O)NC2CCC(Nc3ncc(C)c(N(C)C)n3)CC2)c1. The van der Waals surface area contributed by atoms with E-state index in [0.29, 0.717) is 12.0 Å². The highest BCUT2D eigenvalue weighted by Gasteiger charge is 2.23. The maximum atomic E-state index is 12.5. The lowest BCUT2D eigenvalue weighted by molar-refractivity contribution is 0.0926. The molecule has 0 saturated heterocycles. The Kier molecular flexibility index (Phi) is 6.49. The Morgan fingerprint density at radius 2 is 1.89 bits per heavy atom. The molecule has 0 unspecified atom stereocenters. The molecule has 1 heterocycles. The first-order valence-electron chi connectivity index (χ1n) is 10.1. The summed E-state index contributed by atoms with van der Waals surface area (Å²) >= 11 is 0. The van der Waals surface area contributed by atoms with Crippen LogP contribution in [0.3, 0.4) is 0 Å². The van der Waals surface area contributed by atoms with E-state index in [2.05, 4.69) is 33.6 Å². The monoisotopic (exact) mass is 381 g/mol. The minimum absolute atomic E-state index is 0.0317. The fourth-order valence-corrected chi connectivity index (χ4v) is 3.72. The van der Waals surface area contributed by atoms with Crippen LogP contribution in [0.2, 0.25) is 0 Å². The van der Waals surface area contributed by atoms with Crippen LogP contribution in [0.4, 0.5) is 11.8 Å². The first kappa shape index (κ1) is 20.1. The number of anilines is 2. The second kappa shape index (κ2) is 9.04. The van der Waals surface area contributed by atoms with Gasteiger partial charge in [-0.3, -0.25) is 4.79 Å². The van der Waals surface area contributed by atoms with Crippen LogP contribution in [0.5, 0.6) is 0 Å². The molecule has 1 aliphatic carbocycles. The summed E-state index contributed by atoms with van der Waals surface area (Å²) in [5.41, 5.74) is 3.01. The number of nitrogens with zero attached hydrogens (tertiary/aromatic N) is 3. The second-order valence-corrected chi connectivity index (χ2v) is 7.81. The van der Waals surface area contributed by atoms with Gasteiger partial charge in [-0.25, -0.2) is 4.98 Å². The number of benzene rings is 1. The zero-order valence-electron chi connectivity index (χ0n) is 17.3. The molecule has 0 aliphatic heterocycles. The van der Waals surface area contributed by atoms with Crippen molar-refractivity contribution in [3.63, 3.8) is 0 Å². The highest BCUT2D eigenvalue weighted by molar-refractivity contribution is 5.94. The molecule has 1 aliphatic rings. The van der Waals surface area contributed by atoms with Crippen LogP contribution in [-0.2, 0) is 6.42 Å². The summed E-state index contributed by atoms with van der Waals surface area (Å²) < 4.78 is 0. The highest BCUT2D eigenvalue weighted by Crippen LogP contribution is 2.23. The van der Waals surface area contributed by atoms with Crippen LogP contribution in [0.15, 0.2) is 30.5 Å². The maximum Gasteiger partial charge on any atom is 0.251 e. The fraction of sp³-hybridized carbons (Fsp3) is 0.500. The Labute approximate surface area is 167 Å². The van der Waals surface area contributed by atoms with Gasteiger partial charge in [-0.2, -0.15) is 4.98 Å². The topological polar surface area (TPSA) is 70.2 Å². The first-order chi connectivity index (χ1) is 13.5. The summed E-state index contributed by atoms with van der Waals surface area (Å²) in [5, 5.41) is 6.66. The summed E-state index contributed by atoms with van der Waals surface area (Å²) in [6, 6.07) is 8.46. The third-order valence-electron chi connectivity index (χ3n) is 5.36. The van der Waals surface area contributed by atoms with Crippen molar-refractivity contribution in [1.82, 2.24) is 15.3 Å². The number of nitrogens with one attached hydrogen (secondary N) is 2. The predicted octanol–water partition coefficient (Wildman–Crippen LogP) is 3.57. The van der Waals surface area contributed by atoms with Gasteiger partial charge in [0.1, 0.15) is 5.82 Å². The van der Waals surface area contributed by atoms with Gasteiger partial charge in [-0.05, 0) is 56.7 Å². The molecule has 6 nitrogen and oxygen atoms in total. The van der Waals surface area contributed by atoms with Crippen LogP contribution >= 0.6 is 0 Å². The Hall–Kier alpha value is -2.63. The number of carbonyl (C=O) groups excluding carboxylic acids is 1. The zero-order chi connectivity index (χ0) is 20.1. The van der Waals surface area contributed by atoms with Gasteiger partial charge in [-0.15, -0.1) is 0 Å². The molecule has 1 aromatic heterocycles. The number of aromatic nitrogens is 2. The summed E-state index contributed by atoms with van der Waals surface area (Å²) in [7, 11) is 3.98. The van der Waals surface area contributed by atoms with Crippen LogP contribution in [0, 0.1) is 6.92 Å². The van der Waals surface area contributed by atoms with Crippen molar-refractivity contribution in [2.45, 2.75) is 58.0 Å². The molecule has 2 N–H and O–H groups in total. The lowest BCUT2D eigenvalue weighted by Crippen LogP contribution is -2.40. The minimum Gasteiger partial charge on any atom is -0.362 e. The van der Waals surface area contributed by atoms with Crippen molar-refractivity contribution in [1.29, 1.82) is 0 Å². The maximum absolute atomic E-state index is 12.5. The van der Waals surface area contributed by atoms with Crippen molar-refractivity contribution >= 4 is 17.7 Å². The average Bonchev–Trinajstić information content (AvgIpc) is 2.70. The van der Waals surface area contributed by atoms with Gasteiger partial charge in [0.05, 0.1) is 0 Å². The number of aryl methyl sites for hydroxylation is 2. The van der Waals surface area contributed by atoms with Crippen molar-refractivity contribution < 1.29 is 4.79 Å². The number of amides is 1. The van der Waals surface area contributed by atoms with E-state index in [0.717, 1.165) is 49.0 Å². The van der Waals surface area contributed by atoms with E-state index >= 15 is 0 Å². The molecule has 0 bridgehead atoms. The van der Waals surface area contributed by atoms with Crippen LogP contribution < -0.4 is 15.5 Å². The third-order valence-corrected chi connectivity index (χ3v) is 5.36. The third kappa shape index (κ3) is 5.00. The molecule has 1 amide bonds. The van der Waals surface area contributed by atoms with Crippen LogP contribution in [0.25, 0.3) is 0 Å².